The summed E-state index contributed by atoms with van der Waals surface area (Å²) in [5.41, 5.74) is 3.08. The van der Waals surface area contributed by atoms with Crippen molar-refractivity contribution >= 4 is 22.9 Å². The first kappa shape index (κ1) is 21.7. The molecule has 4 heterocycles. The van der Waals surface area contributed by atoms with Gasteiger partial charge in [0.1, 0.15) is 6.54 Å². The van der Waals surface area contributed by atoms with E-state index >= 15 is 0 Å². The number of carbonyl (C=O) groups excluding carboxylic acids is 1. The first-order valence-electron chi connectivity index (χ1n) is 11.3. The minimum Gasteiger partial charge on any atom is -0.392 e. The Labute approximate surface area is 192 Å². The summed E-state index contributed by atoms with van der Waals surface area (Å²) in [7, 11) is 2.07. The zero-order valence-electron chi connectivity index (χ0n) is 18.9. The fraction of sp³-hybridized carbons (Fsp3) is 0.478. The zero-order valence-corrected chi connectivity index (χ0v) is 18.9. The lowest BCUT2D eigenvalue weighted by Gasteiger charge is -2.32. The van der Waals surface area contributed by atoms with Gasteiger partial charge in [-0.15, -0.1) is 0 Å². The maximum Gasteiger partial charge on any atom is 0.244 e. The fourth-order valence-electron chi connectivity index (χ4n) is 4.29. The van der Waals surface area contributed by atoms with E-state index in [0.717, 1.165) is 48.4 Å². The number of carbonyl (C=O) groups is 1. The number of morpholine rings is 1. The zero-order chi connectivity index (χ0) is 22.8. The van der Waals surface area contributed by atoms with E-state index in [4.69, 9.17) is 14.7 Å². The summed E-state index contributed by atoms with van der Waals surface area (Å²) in [5, 5.41) is 14.9. The Balaban J connectivity index is 1.53. The van der Waals surface area contributed by atoms with Crippen molar-refractivity contribution in [1.29, 1.82) is 0 Å². The van der Waals surface area contributed by atoms with Gasteiger partial charge in [-0.25, -0.2) is 9.67 Å². The van der Waals surface area contributed by atoms with Crippen molar-refractivity contribution < 1.29 is 14.6 Å². The molecule has 2 fully saturated rings. The Hall–Kier alpha value is -3.08. The van der Waals surface area contributed by atoms with E-state index in [-0.39, 0.29) is 19.1 Å². The molecule has 2 aliphatic heterocycles. The molecule has 1 aromatic carbocycles. The molecule has 0 saturated carbocycles. The summed E-state index contributed by atoms with van der Waals surface area (Å²) >= 11 is 0. The number of hydrogen-bond acceptors (Lipinski definition) is 8. The van der Waals surface area contributed by atoms with Crippen LogP contribution in [0.15, 0.2) is 30.5 Å². The smallest absolute Gasteiger partial charge is 0.244 e. The SMILES string of the molecule is CN1CCN(C(=O)Cn2ncc3c(-c4cccc(CO)c4)nc(N4CCOCC4)nc32)CC1. The van der Waals surface area contributed by atoms with Crippen molar-refractivity contribution in [3.63, 3.8) is 0 Å². The molecule has 0 spiro atoms. The van der Waals surface area contributed by atoms with E-state index < -0.39 is 0 Å². The topological polar surface area (TPSA) is 99.9 Å². The van der Waals surface area contributed by atoms with Gasteiger partial charge in [0.25, 0.3) is 0 Å². The molecule has 2 saturated heterocycles. The molecule has 3 aromatic rings. The van der Waals surface area contributed by atoms with Crippen LogP contribution in [0.5, 0.6) is 0 Å². The van der Waals surface area contributed by atoms with Gasteiger partial charge in [-0.1, -0.05) is 18.2 Å². The average molecular weight is 452 g/mol. The van der Waals surface area contributed by atoms with Crippen molar-refractivity contribution in [2.45, 2.75) is 13.2 Å². The number of rotatable bonds is 5. The highest BCUT2D eigenvalue weighted by Gasteiger charge is 2.23. The Morgan fingerprint density at radius 1 is 1.09 bits per heavy atom. The second-order valence-electron chi connectivity index (χ2n) is 8.55. The Morgan fingerprint density at radius 3 is 2.64 bits per heavy atom. The molecule has 0 unspecified atom stereocenters. The molecule has 0 atom stereocenters. The number of ether oxygens (including phenoxy) is 1. The number of benzene rings is 1. The second-order valence-corrected chi connectivity index (χ2v) is 8.55. The lowest BCUT2D eigenvalue weighted by Crippen LogP contribution is -2.48. The van der Waals surface area contributed by atoms with Crippen LogP contribution >= 0.6 is 0 Å². The van der Waals surface area contributed by atoms with E-state index in [1.807, 2.05) is 29.2 Å². The van der Waals surface area contributed by atoms with Gasteiger partial charge in [-0.2, -0.15) is 10.1 Å². The van der Waals surface area contributed by atoms with Crippen molar-refractivity contribution in [2.24, 2.45) is 0 Å². The van der Waals surface area contributed by atoms with Crippen LogP contribution < -0.4 is 4.90 Å². The number of aliphatic hydroxyl groups excluding tert-OH is 1. The summed E-state index contributed by atoms with van der Waals surface area (Å²) in [6.07, 6.45) is 1.73. The number of hydrogen-bond donors (Lipinski definition) is 1. The van der Waals surface area contributed by atoms with Gasteiger partial charge < -0.3 is 24.5 Å². The fourth-order valence-corrected chi connectivity index (χ4v) is 4.29. The minimum absolute atomic E-state index is 0.0445. The van der Waals surface area contributed by atoms with E-state index in [1.54, 1.807) is 10.9 Å². The summed E-state index contributed by atoms with van der Waals surface area (Å²) in [6.45, 7) is 5.95. The third-order valence-corrected chi connectivity index (χ3v) is 6.30. The van der Waals surface area contributed by atoms with Crippen molar-refractivity contribution in [3.8, 4) is 11.3 Å². The monoisotopic (exact) mass is 451 g/mol. The lowest BCUT2D eigenvalue weighted by atomic mass is 10.1. The van der Waals surface area contributed by atoms with Gasteiger partial charge in [0, 0.05) is 44.8 Å². The Bertz CT molecular complexity index is 1130. The molecule has 1 N–H and O–H groups in total. The Kier molecular flexibility index (Phi) is 6.21. The quantitative estimate of drug-likeness (QED) is 0.602. The normalized spacial score (nSPS) is 17.6. The number of aromatic nitrogens is 4. The highest BCUT2D eigenvalue weighted by atomic mass is 16.5. The number of fused-ring (bicyclic) bond motifs is 1. The van der Waals surface area contributed by atoms with Gasteiger partial charge in [0.2, 0.25) is 11.9 Å². The van der Waals surface area contributed by atoms with E-state index in [1.165, 1.54) is 0 Å². The maximum atomic E-state index is 13.0. The minimum atomic E-state index is -0.0445. The molecule has 1 amide bonds. The van der Waals surface area contributed by atoms with Crippen LogP contribution in [0.25, 0.3) is 22.3 Å². The molecule has 2 aliphatic rings. The largest absolute Gasteiger partial charge is 0.392 e. The van der Waals surface area contributed by atoms with Crippen LogP contribution in [0, 0.1) is 0 Å². The molecule has 10 nitrogen and oxygen atoms in total. The van der Waals surface area contributed by atoms with E-state index in [0.29, 0.717) is 37.9 Å². The van der Waals surface area contributed by atoms with Crippen LogP contribution in [0.4, 0.5) is 5.95 Å². The maximum absolute atomic E-state index is 13.0. The first-order chi connectivity index (χ1) is 16.1. The number of nitrogens with zero attached hydrogens (tertiary/aromatic N) is 7. The van der Waals surface area contributed by atoms with Crippen LogP contribution in [0.1, 0.15) is 5.56 Å². The number of amides is 1. The van der Waals surface area contributed by atoms with E-state index in [2.05, 4.69) is 21.9 Å². The lowest BCUT2D eigenvalue weighted by molar-refractivity contribution is -0.133. The molecule has 0 radical (unpaired) electrons. The van der Waals surface area contributed by atoms with Gasteiger partial charge >= 0.3 is 0 Å². The second kappa shape index (κ2) is 9.42. The van der Waals surface area contributed by atoms with Gasteiger partial charge in [-0.05, 0) is 18.7 Å². The third kappa shape index (κ3) is 4.54. The molecule has 0 aliphatic carbocycles. The molecule has 33 heavy (non-hydrogen) atoms. The average Bonchev–Trinajstić information content (AvgIpc) is 3.27. The molecule has 2 aromatic heterocycles. The van der Waals surface area contributed by atoms with Crippen molar-refractivity contribution in [3.05, 3.63) is 36.0 Å². The molecule has 10 heteroatoms. The molecule has 174 valence electrons. The first-order valence-corrected chi connectivity index (χ1v) is 11.3. The standard InChI is InChI=1S/C23H29N7O3/c1-27-5-7-28(8-6-27)20(32)15-30-22-19(14-24-30)21(18-4-2-3-17(13-18)16-31)25-23(26-22)29-9-11-33-12-10-29/h2-4,13-14,31H,5-12,15-16H2,1H3. The van der Waals surface area contributed by atoms with Crippen LogP contribution in [0.3, 0.4) is 0 Å². The number of piperazine rings is 1. The van der Waals surface area contributed by atoms with Crippen LogP contribution in [-0.4, -0.2) is 100 Å². The van der Waals surface area contributed by atoms with Gasteiger partial charge in [0.15, 0.2) is 5.65 Å². The highest BCUT2D eigenvalue weighted by molar-refractivity contribution is 5.92. The summed E-state index contributed by atoms with van der Waals surface area (Å²) in [6, 6.07) is 7.68. The Morgan fingerprint density at radius 2 is 1.88 bits per heavy atom. The predicted octanol–water partition coefficient (Wildman–Crippen LogP) is 0.596. The number of anilines is 1. The molecular formula is C23H29N7O3. The van der Waals surface area contributed by atoms with Crippen molar-refractivity contribution in [2.75, 3.05) is 64.4 Å². The number of likely N-dealkylation sites (N-methyl/N-ethyl adjacent to an activating group) is 1. The summed E-state index contributed by atoms with van der Waals surface area (Å²) in [5.74, 6) is 0.646. The number of aliphatic hydroxyl groups is 1. The van der Waals surface area contributed by atoms with Crippen LogP contribution in [0.2, 0.25) is 0 Å². The third-order valence-electron chi connectivity index (χ3n) is 6.30. The highest BCUT2D eigenvalue weighted by Crippen LogP contribution is 2.29. The van der Waals surface area contributed by atoms with Gasteiger partial charge in [-0.3, -0.25) is 4.79 Å². The van der Waals surface area contributed by atoms with Gasteiger partial charge in [0.05, 0.1) is 37.1 Å². The van der Waals surface area contributed by atoms with Crippen molar-refractivity contribution in [1.82, 2.24) is 29.5 Å². The summed E-state index contributed by atoms with van der Waals surface area (Å²) in [4.78, 5) is 28.9. The van der Waals surface area contributed by atoms with Crippen LogP contribution in [-0.2, 0) is 22.7 Å². The molecule has 0 bridgehead atoms. The molecular weight excluding hydrogens is 422 g/mol. The van der Waals surface area contributed by atoms with E-state index in [9.17, 15) is 9.90 Å². The predicted molar refractivity (Wildman–Crippen MR) is 124 cm³/mol. The molecule has 5 rings (SSSR count). The summed E-state index contributed by atoms with van der Waals surface area (Å²) < 4.78 is 7.18.